The van der Waals surface area contributed by atoms with Gasteiger partial charge in [0, 0.05) is 11.7 Å². The Morgan fingerprint density at radius 1 is 1.27 bits per heavy atom. The number of nitrogens with one attached hydrogen (secondary N) is 1. The van der Waals surface area contributed by atoms with Crippen molar-refractivity contribution in [1.29, 1.82) is 0 Å². The van der Waals surface area contributed by atoms with E-state index in [0.717, 1.165) is 11.7 Å². The van der Waals surface area contributed by atoms with Crippen molar-refractivity contribution in [3.8, 4) is 0 Å². The van der Waals surface area contributed by atoms with E-state index in [-0.39, 0.29) is 0 Å². The van der Waals surface area contributed by atoms with Crippen LogP contribution in [0, 0.1) is 0 Å². The lowest BCUT2D eigenvalue weighted by Gasteiger charge is -2.13. The molecule has 1 rings (SSSR count). The SMILES string of the molecule is CCCC[C@@H]1N[C@@H]1[Si](C)(C)C. The highest BCUT2D eigenvalue weighted by Gasteiger charge is 2.44. The zero-order valence-corrected chi connectivity index (χ0v) is 9.28. The van der Waals surface area contributed by atoms with Crippen LogP contribution in [0.3, 0.4) is 0 Å². The summed E-state index contributed by atoms with van der Waals surface area (Å²) in [6, 6.07) is 0.890. The summed E-state index contributed by atoms with van der Waals surface area (Å²) in [5, 5.41) is 3.61. The zero-order chi connectivity index (χ0) is 8.48. The maximum Gasteiger partial charge on any atom is 0.0655 e. The summed E-state index contributed by atoms with van der Waals surface area (Å²) in [5.41, 5.74) is 0.925. The van der Waals surface area contributed by atoms with Gasteiger partial charge in [-0.15, -0.1) is 0 Å². The molecule has 1 nitrogen and oxygen atoms in total. The van der Waals surface area contributed by atoms with E-state index in [4.69, 9.17) is 0 Å². The van der Waals surface area contributed by atoms with Gasteiger partial charge in [0.1, 0.15) is 0 Å². The Morgan fingerprint density at radius 3 is 2.27 bits per heavy atom. The molecule has 0 saturated carbocycles. The molecule has 2 atom stereocenters. The standard InChI is InChI=1S/C9H21NSi/c1-5-6-7-8-9(10-8)11(2,3)4/h8-10H,5-7H2,1-4H3/t8-,9+/m0/s1. The Morgan fingerprint density at radius 2 is 1.91 bits per heavy atom. The van der Waals surface area contributed by atoms with Crippen molar-refractivity contribution in [2.45, 2.75) is 57.5 Å². The lowest BCUT2D eigenvalue weighted by molar-refractivity contribution is 0.703. The average Bonchev–Trinajstić information content (AvgIpc) is 2.60. The molecule has 66 valence electrons. The Hall–Kier alpha value is 0.177. The van der Waals surface area contributed by atoms with Gasteiger partial charge in [-0.05, 0) is 6.42 Å². The lowest BCUT2D eigenvalue weighted by Crippen LogP contribution is -2.31. The van der Waals surface area contributed by atoms with Crippen molar-refractivity contribution in [3.05, 3.63) is 0 Å². The summed E-state index contributed by atoms with van der Waals surface area (Å²) in [5.74, 6) is 0. The van der Waals surface area contributed by atoms with Gasteiger partial charge in [-0.25, -0.2) is 0 Å². The average molecular weight is 171 g/mol. The first-order valence-corrected chi connectivity index (χ1v) is 8.39. The van der Waals surface area contributed by atoms with Gasteiger partial charge in [-0.1, -0.05) is 39.4 Å². The van der Waals surface area contributed by atoms with Crippen molar-refractivity contribution < 1.29 is 0 Å². The van der Waals surface area contributed by atoms with Crippen LogP contribution < -0.4 is 5.32 Å². The zero-order valence-electron chi connectivity index (χ0n) is 8.28. The minimum absolute atomic E-state index is 0.848. The predicted octanol–water partition coefficient (Wildman–Crippen LogP) is 2.39. The van der Waals surface area contributed by atoms with Gasteiger partial charge in [0.25, 0.3) is 0 Å². The molecule has 0 spiro atoms. The molecule has 0 aromatic rings. The molecule has 0 aliphatic carbocycles. The van der Waals surface area contributed by atoms with Crippen LogP contribution in [0.15, 0.2) is 0 Å². The molecule has 0 aromatic heterocycles. The minimum atomic E-state index is -0.848. The molecule has 11 heavy (non-hydrogen) atoms. The van der Waals surface area contributed by atoms with Crippen molar-refractivity contribution >= 4 is 8.07 Å². The Kier molecular flexibility index (Phi) is 2.76. The maximum atomic E-state index is 3.61. The fraction of sp³-hybridized carbons (Fsp3) is 1.00. The molecule has 1 N–H and O–H groups in total. The predicted molar refractivity (Wildman–Crippen MR) is 53.6 cm³/mol. The van der Waals surface area contributed by atoms with Crippen molar-refractivity contribution in [3.63, 3.8) is 0 Å². The lowest BCUT2D eigenvalue weighted by atomic mass is 10.2. The highest BCUT2D eigenvalue weighted by Crippen LogP contribution is 2.26. The first-order chi connectivity index (χ1) is 5.05. The molecule has 0 bridgehead atoms. The van der Waals surface area contributed by atoms with Crippen molar-refractivity contribution in [1.82, 2.24) is 5.32 Å². The summed E-state index contributed by atoms with van der Waals surface area (Å²) in [7, 11) is -0.848. The van der Waals surface area contributed by atoms with Gasteiger partial charge in [-0.3, -0.25) is 0 Å². The summed E-state index contributed by atoms with van der Waals surface area (Å²) >= 11 is 0. The normalized spacial score (nSPS) is 30.5. The molecule has 1 saturated heterocycles. The second-order valence-electron chi connectivity index (χ2n) is 4.76. The topological polar surface area (TPSA) is 21.9 Å². The first kappa shape index (κ1) is 9.27. The summed E-state index contributed by atoms with van der Waals surface area (Å²) in [6.45, 7) is 9.63. The molecule has 1 fully saturated rings. The molecular formula is C9H21NSi. The third-order valence-electron chi connectivity index (χ3n) is 2.49. The monoisotopic (exact) mass is 171 g/mol. The maximum absolute atomic E-state index is 3.61. The Balaban J connectivity index is 2.16. The van der Waals surface area contributed by atoms with E-state index in [1.807, 2.05) is 0 Å². The van der Waals surface area contributed by atoms with E-state index in [2.05, 4.69) is 31.9 Å². The smallest absolute Gasteiger partial charge is 0.0655 e. The van der Waals surface area contributed by atoms with Crippen LogP contribution in [-0.2, 0) is 0 Å². The molecule has 1 aliphatic heterocycles. The van der Waals surface area contributed by atoms with Gasteiger partial charge in [0.05, 0.1) is 8.07 Å². The number of hydrogen-bond acceptors (Lipinski definition) is 1. The number of unbranched alkanes of at least 4 members (excludes halogenated alkanes) is 1. The highest BCUT2D eigenvalue weighted by molar-refractivity contribution is 6.78. The Labute approximate surface area is 71.6 Å². The van der Waals surface area contributed by atoms with Crippen LogP contribution in [0.5, 0.6) is 0 Å². The second-order valence-corrected chi connectivity index (χ2v) is 10.1. The van der Waals surface area contributed by atoms with Crippen LogP contribution in [0.1, 0.15) is 26.2 Å². The van der Waals surface area contributed by atoms with Gasteiger partial charge < -0.3 is 5.32 Å². The quantitative estimate of drug-likeness (QED) is 0.509. The fourth-order valence-corrected chi connectivity index (χ4v) is 3.79. The van der Waals surface area contributed by atoms with Gasteiger partial charge >= 0.3 is 0 Å². The summed E-state index contributed by atoms with van der Waals surface area (Å²) in [4.78, 5) is 0. The van der Waals surface area contributed by atoms with Crippen LogP contribution >= 0.6 is 0 Å². The molecule has 1 heterocycles. The largest absolute Gasteiger partial charge is 0.311 e. The van der Waals surface area contributed by atoms with E-state index >= 15 is 0 Å². The van der Waals surface area contributed by atoms with E-state index in [9.17, 15) is 0 Å². The number of rotatable bonds is 4. The van der Waals surface area contributed by atoms with Gasteiger partial charge in [-0.2, -0.15) is 0 Å². The van der Waals surface area contributed by atoms with Crippen LogP contribution in [0.2, 0.25) is 19.6 Å². The van der Waals surface area contributed by atoms with E-state index in [0.29, 0.717) is 0 Å². The third kappa shape index (κ3) is 2.60. The molecule has 0 amide bonds. The van der Waals surface area contributed by atoms with Crippen molar-refractivity contribution in [2.75, 3.05) is 0 Å². The van der Waals surface area contributed by atoms with Crippen molar-refractivity contribution in [2.24, 2.45) is 0 Å². The molecular weight excluding hydrogens is 150 g/mol. The van der Waals surface area contributed by atoms with Crippen LogP contribution in [0.4, 0.5) is 0 Å². The molecule has 0 aromatic carbocycles. The summed E-state index contributed by atoms with van der Waals surface area (Å²) in [6.07, 6.45) is 4.15. The minimum Gasteiger partial charge on any atom is -0.311 e. The van der Waals surface area contributed by atoms with Gasteiger partial charge in [0.15, 0.2) is 0 Å². The summed E-state index contributed by atoms with van der Waals surface area (Å²) < 4.78 is 0. The van der Waals surface area contributed by atoms with Gasteiger partial charge in [0.2, 0.25) is 0 Å². The van der Waals surface area contributed by atoms with Crippen LogP contribution in [0.25, 0.3) is 0 Å². The second kappa shape index (κ2) is 3.28. The molecule has 0 radical (unpaired) electrons. The molecule has 2 heteroatoms. The molecule has 0 unspecified atom stereocenters. The van der Waals surface area contributed by atoms with E-state index in [1.165, 1.54) is 19.3 Å². The first-order valence-electron chi connectivity index (χ1n) is 4.81. The highest BCUT2D eigenvalue weighted by atomic mass is 28.3. The molecule has 1 aliphatic rings. The Bertz CT molecular complexity index is 128. The van der Waals surface area contributed by atoms with E-state index in [1.54, 1.807) is 0 Å². The number of hydrogen-bond donors (Lipinski definition) is 1. The fourth-order valence-electron chi connectivity index (χ4n) is 1.70. The van der Waals surface area contributed by atoms with Crippen LogP contribution in [-0.4, -0.2) is 19.8 Å². The van der Waals surface area contributed by atoms with E-state index < -0.39 is 8.07 Å². The third-order valence-corrected chi connectivity index (χ3v) is 4.92.